The molecule has 4 heteroatoms. The molecule has 1 aliphatic carbocycles. The van der Waals surface area contributed by atoms with E-state index in [0.29, 0.717) is 6.54 Å². The highest BCUT2D eigenvalue weighted by molar-refractivity contribution is 5.35. The molecule has 0 amide bonds. The second-order valence-electron chi connectivity index (χ2n) is 6.72. The first-order chi connectivity index (χ1) is 10.8. The molecule has 0 spiro atoms. The Kier molecular flexibility index (Phi) is 5.14. The van der Waals surface area contributed by atoms with E-state index < -0.39 is 0 Å². The lowest BCUT2D eigenvalue weighted by Crippen LogP contribution is -2.46. The zero-order chi connectivity index (χ0) is 15.4. The zero-order valence-electron chi connectivity index (χ0n) is 13.3. The second-order valence-corrected chi connectivity index (χ2v) is 6.72. The first-order valence-corrected chi connectivity index (χ1v) is 8.59. The Bertz CT molecular complexity index is 464. The molecule has 1 aliphatic heterocycles. The molecule has 1 saturated heterocycles. The molecule has 122 valence electrons. The van der Waals surface area contributed by atoms with Crippen molar-refractivity contribution >= 4 is 0 Å². The maximum absolute atomic E-state index is 10.8. The van der Waals surface area contributed by atoms with Gasteiger partial charge in [0.05, 0.1) is 6.61 Å². The molecule has 1 saturated carbocycles. The number of aliphatic hydroxyl groups excluding tert-OH is 2. The van der Waals surface area contributed by atoms with Gasteiger partial charge in [0, 0.05) is 31.6 Å². The Morgan fingerprint density at radius 2 is 1.77 bits per heavy atom. The van der Waals surface area contributed by atoms with E-state index in [-0.39, 0.29) is 18.2 Å². The third-order valence-electron chi connectivity index (χ3n) is 5.17. The van der Waals surface area contributed by atoms with Gasteiger partial charge in [-0.1, -0.05) is 30.7 Å². The van der Waals surface area contributed by atoms with Crippen LogP contribution in [0.2, 0.25) is 0 Å². The van der Waals surface area contributed by atoms with Gasteiger partial charge in [-0.2, -0.15) is 0 Å². The smallest absolute Gasteiger partial charge is 0.117 e. The number of nitrogens with zero attached hydrogens (tertiary/aromatic N) is 1. The van der Waals surface area contributed by atoms with Crippen molar-refractivity contribution in [3.05, 3.63) is 35.4 Å². The van der Waals surface area contributed by atoms with E-state index in [1.54, 1.807) is 0 Å². The van der Waals surface area contributed by atoms with E-state index in [1.165, 1.54) is 30.4 Å². The molecule has 1 aromatic carbocycles. The van der Waals surface area contributed by atoms with Crippen molar-refractivity contribution in [1.82, 2.24) is 10.2 Å². The molecule has 1 unspecified atom stereocenters. The minimum absolute atomic E-state index is 0.0333. The number of benzene rings is 1. The van der Waals surface area contributed by atoms with E-state index in [2.05, 4.69) is 34.5 Å². The lowest BCUT2D eigenvalue weighted by molar-refractivity contribution is -0.0355. The summed E-state index contributed by atoms with van der Waals surface area (Å²) in [5.41, 5.74) is 2.46. The second kappa shape index (κ2) is 7.09. The number of hydrogen-bond donors (Lipinski definition) is 3. The van der Waals surface area contributed by atoms with Gasteiger partial charge in [0.2, 0.25) is 0 Å². The highest BCUT2D eigenvalue weighted by atomic mass is 16.3. The summed E-state index contributed by atoms with van der Waals surface area (Å²) in [6.45, 7) is 3.64. The van der Waals surface area contributed by atoms with Gasteiger partial charge in [0.25, 0.3) is 0 Å². The molecular weight excluding hydrogens is 276 g/mol. The Morgan fingerprint density at radius 1 is 1.09 bits per heavy atom. The van der Waals surface area contributed by atoms with E-state index in [9.17, 15) is 5.11 Å². The lowest BCUT2D eigenvalue weighted by atomic mass is 9.91. The number of nitrogens with one attached hydrogen (secondary N) is 1. The average Bonchev–Trinajstić information content (AvgIpc) is 3.38. The summed E-state index contributed by atoms with van der Waals surface area (Å²) in [5, 5.41) is 22.8. The fourth-order valence-electron chi connectivity index (χ4n) is 3.61. The van der Waals surface area contributed by atoms with Gasteiger partial charge >= 0.3 is 0 Å². The predicted molar refractivity (Wildman–Crippen MR) is 87.6 cm³/mol. The van der Waals surface area contributed by atoms with E-state index >= 15 is 0 Å². The molecule has 0 bridgehead atoms. The Balaban J connectivity index is 1.64. The SMILES string of the molecule is OCCNCc1ccc(C2(C(O)N3CCCCC3)CC2)cc1. The monoisotopic (exact) mass is 304 g/mol. The number of likely N-dealkylation sites (tertiary alicyclic amines) is 1. The van der Waals surface area contributed by atoms with E-state index in [4.69, 9.17) is 5.11 Å². The van der Waals surface area contributed by atoms with E-state index in [1.807, 2.05) is 0 Å². The molecule has 22 heavy (non-hydrogen) atoms. The summed E-state index contributed by atoms with van der Waals surface area (Å²) in [6.07, 6.45) is 5.57. The minimum Gasteiger partial charge on any atom is -0.395 e. The van der Waals surface area contributed by atoms with Gasteiger partial charge < -0.3 is 15.5 Å². The fraction of sp³-hybridized carbons (Fsp3) is 0.667. The first-order valence-electron chi connectivity index (χ1n) is 8.59. The van der Waals surface area contributed by atoms with E-state index in [0.717, 1.165) is 32.5 Å². The quantitative estimate of drug-likeness (QED) is 0.670. The molecule has 3 rings (SSSR count). The topological polar surface area (TPSA) is 55.7 Å². The average molecular weight is 304 g/mol. The highest BCUT2D eigenvalue weighted by Gasteiger charge is 2.52. The molecule has 4 nitrogen and oxygen atoms in total. The summed E-state index contributed by atoms with van der Waals surface area (Å²) in [7, 11) is 0. The minimum atomic E-state index is -0.328. The van der Waals surface area contributed by atoms with Crippen LogP contribution in [0.15, 0.2) is 24.3 Å². The van der Waals surface area contributed by atoms with Crippen molar-refractivity contribution in [2.45, 2.75) is 50.3 Å². The largest absolute Gasteiger partial charge is 0.395 e. The number of aliphatic hydroxyl groups is 2. The van der Waals surface area contributed by atoms with Crippen LogP contribution in [0.5, 0.6) is 0 Å². The van der Waals surface area contributed by atoms with Crippen LogP contribution in [0.1, 0.15) is 43.2 Å². The molecule has 1 aromatic rings. The van der Waals surface area contributed by atoms with Gasteiger partial charge in [0.15, 0.2) is 0 Å². The maximum Gasteiger partial charge on any atom is 0.117 e. The Morgan fingerprint density at radius 3 is 2.36 bits per heavy atom. The van der Waals surface area contributed by atoms with Crippen LogP contribution >= 0.6 is 0 Å². The van der Waals surface area contributed by atoms with Crippen molar-refractivity contribution in [2.75, 3.05) is 26.2 Å². The van der Waals surface area contributed by atoms with Crippen LogP contribution < -0.4 is 5.32 Å². The van der Waals surface area contributed by atoms with Crippen LogP contribution in [0.4, 0.5) is 0 Å². The third kappa shape index (κ3) is 3.35. The van der Waals surface area contributed by atoms with Crippen molar-refractivity contribution in [3.63, 3.8) is 0 Å². The normalized spacial score (nSPS) is 22.5. The predicted octanol–water partition coefficient (Wildman–Crippen LogP) is 1.60. The fourth-order valence-corrected chi connectivity index (χ4v) is 3.61. The molecule has 2 aliphatic rings. The number of hydrogen-bond acceptors (Lipinski definition) is 4. The van der Waals surface area contributed by atoms with Gasteiger partial charge in [-0.05, 0) is 36.8 Å². The van der Waals surface area contributed by atoms with Crippen LogP contribution in [0, 0.1) is 0 Å². The summed E-state index contributed by atoms with van der Waals surface area (Å²) >= 11 is 0. The maximum atomic E-state index is 10.8. The highest BCUT2D eigenvalue weighted by Crippen LogP contribution is 2.52. The van der Waals surface area contributed by atoms with Crippen LogP contribution in [-0.2, 0) is 12.0 Å². The first kappa shape index (κ1) is 15.9. The zero-order valence-corrected chi connectivity index (χ0v) is 13.3. The number of rotatable bonds is 7. The van der Waals surface area contributed by atoms with Crippen LogP contribution in [-0.4, -0.2) is 47.6 Å². The molecule has 0 aromatic heterocycles. The summed E-state index contributed by atoms with van der Waals surface area (Å²) < 4.78 is 0. The van der Waals surface area contributed by atoms with Gasteiger partial charge in [-0.3, -0.25) is 4.90 Å². The molecule has 0 radical (unpaired) electrons. The summed E-state index contributed by atoms with van der Waals surface area (Å²) in [5.74, 6) is 0. The van der Waals surface area contributed by atoms with Gasteiger partial charge in [-0.25, -0.2) is 0 Å². The molecule has 3 N–H and O–H groups in total. The van der Waals surface area contributed by atoms with Gasteiger partial charge in [-0.15, -0.1) is 0 Å². The lowest BCUT2D eigenvalue weighted by Gasteiger charge is -2.36. The van der Waals surface area contributed by atoms with Crippen molar-refractivity contribution in [2.24, 2.45) is 0 Å². The Labute approximate surface area is 133 Å². The molecular formula is C18H28N2O2. The third-order valence-corrected chi connectivity index (χ3v) is 5.17. The Hall–Kier alpha value is -0.940. The molecule has 1 atom stereocenters. The van der Waals surface area contributed by atoms with Gasteiger partial charge in [0.1, 0.15) is 6.23 Å². The van der Waals surface area contributed by atoms with Crippen LogP contribution in [0.25, 0.3) is 0 Å². The van der Waals surface area contributed by atoms with Crippen LogP contribution in [0.3, 0.4) is 0 Å². The van der Waals surface area contributed by atoms with Crippen molar-refractivity contribution in [1.29, 1.82) is 0 Å². The number of piperidine rings is 1. The molecule has 1 heterocycles. The standard InChI is InChI=1S/C18H28N2O2/c21-13-10-19-14-15-4-6-16(7-5-15)18(8-9-18)17(22)20-11-2-1-3-12-20/h4-7,17,19,21-22H,1-3,8-14H2. The van der Waals surface area contributed by atoms with Crippen molar-refractivity contribution in [3.8, 4) is 0 Å². The summed E-state index contributed by atoms with van der Waals surface area (Å²) in [4.78, 5) is 2.27. The van der Waals surface area contributed by atoms with Crippen molar-refractivity contribution < 1.29 is 10.2 Å². The summed E-state index contributed by atoms with van der Waals surface area (Å²) in [6, 6.07) is 8.64. The molecule has 2 fully saturated rings.